The van der Waals surface area contributed by atoms with Crippen molar-refractivity contribution in [1.29, 1.82) is 0 Å². The van der Waals surface area contributed by atoms with Gasteiger partial charge in [-0.25, -0.2) is 0 Å². The van der Waals surface area contributed by atoms with Gasteiger partial charge < -0.3 is 4.74 Å². The lowest BCUT2D eigenvalue weighted by atomic mass is 9.73. The minimum atomic E-state index is -0.395. The summed E-state index contributed by atoms with van der Waals surface area (Å²) in [5.74, 6) is 0.869. The van der Waals surface area contributed by atoms with Gasteiger partial charge in [0, 0.05) is 6.42 Å². The summed E-state index contributed by atoms with van der Waals surface area (Å²) < 4.78 is 5.86. The van der Waals surface area contributed by atoms with Gasteiger partial charge in [0.15, 0.2) is 0 Å². The highest BCUT2D eigenvalue weighted by Crippen LogP contribution is 2.45. The monoisotopic (exact) mass is 315 g/mol. The van der Waals surface area contributed by atoms with Crippen molar-refractivity contribution < 1.29 is 14.3 Å². The molecule has 23 heavy (non-hydrogen) atoms. The van der Waals surface area contributed by atoms with Crippen LogP contribution in [0.1, 0.15) is 49.7 Å². The molecule has 0 radical (unpaired) electrons. The summed E-state index contributed by atoms with van der Waals surface area (Å²) in [6.45, 7) is 4.73. The molecule has 2 amide bonds. The van der Waals surface area contributed by atoms with Crippen LogP contribution in [0, 0.1) is 19.3 Å². The van der Waals surface area contributed by atoms with Crippen molar-refractivity contribution in [3.8, 4) is 5.75 Å². The van der Waals surface area contributed by atoms with Crippen LogP contribution in [-0.2, 0) is 9.59 Å². The Labute approximate surface area is 137 Å². The number of imide groups is 1. The number of amides is 2. The molecule has 2 fully saturated rings. The van der Waals surface area contributed by atoms with E-state index < -0.39 is 5.41 Å². The second kappa shape index (κ2) is 6.34. The van der Waals surface area contributed by atoms with Crippen molar-refractivity contribution in [2.24, 2.45) is 5.41 Å². The molecule has 0 bridgehead atoms. The lowest BCUT2D eigenvalue weighted by Gasteiger charge is -2.30. The van der Waals surface area contributed by atoms with Crippen LogP contribution in [0.4, 0.5) is 0 Å². The third-order valence-electron chi connectivity index (χ3n) is 5.27. The molecule has 1 spiro atoms. The Balaban J connectivity index is 1.62. The third-order valence-corrected chi connectivity index (χ3v) is 5.27. The average molecular weight is 315 g/mol. The lowest BCUT2D eigenvalue weighted by Crippen LogP contribution is -2.39. The molecule has 2 aliphatic rings. The molecule has 0 aromatic heterocycles. The number of hydrogen-bond acceptors (Lipinski definition) is 3. The first-order chi connectivity index (χ1) is 11.0. The van der Waals surface area contributed by atoms with E-state index in [4.69, 9.17) is 4.74 Å². The molecule has 1 saturated carbocycles. The SMILES string of the molecule is Cc1cccc(C)c1OCCN1C(=O)CC2(CCCCC2)C1=O. The van der Waals surface area contributed by atoms with Gasteiger partial charge in [-0.3, -0.25) is 14.5 Å². The van der Waals surface area contributed by atoms with E-state index in [9.17, 15) is 9.59 Å². The lowest BCUT2D eigenvalue weighted by molar-refractivity contribution is -0.142. The summed E-state index contributed by atoms with van der Waals surface area (Å²) in [7, 11) is 0. The second-order valence-corrected chi connectivity index (χ2v) is 6.94. The molecular weight excluding hydrogens is 290 g/mol. The Morgan fingerprint density at radius 2 is 1.74 bits per heavy atom. The van der Waals surface area contributed by atoms with Gasteiger partial charge in [-0.2, -0.15) is 0 Å². The van der Waals surface area contributed by atoms with Crippen LogP contribution in [0.3, 0.4) is 0 Å². The van der Waals surface area contributed by atoms with Crippen molar-refractivity contribution in [3.63, 3.8) is 0 Å². The van der Waals surface area contributed by atoms with Crippen molar-refractivity contribution >= 4 is 11.8 Å². The van der Waals surface area contributed by atoms with Crippen molar-refractivity contribution in [3.05, 3.63) is 29.3 Å². The van der Waals surface area contributed by atoms with Gasteiger partial charge in [0.05, 0.1) is 12.0 Å². The van der Waals surface area contributed by atoms with E-state index in [0.717, 1.165) is 42.6 Å². The molecule has 0 N–H and O–H groups in total. The van der Waals surface area contributed by atoms with Crippen molar-refractivity contribution in [2.75, 3.05) is 13.2 Å². The number of benzene rings is 1. The molecule has 124 valence electrons. The maximum absolute atomic E-state index is 12.7. The molecule has 4 nitrogen and oxygen atoms in total. The Morgan fingerprint density at radius 3 is 2.39 bits per heavy atom. The molecule has 1 aliphatic heterocycles. The summed E-state index contributed by atoms with van der Waals surface area (Å²) in [5, 5.41) is 0. The fourth-order valence-corrected chi connectivity index (χ4v) is 3.97. The molecular formula is C19H25NO3. The largest absolute Gasteiger partial charge is 0.491 e. The average Bonchev–Trinajstić information content (AvgIpc) is 2.75. The number of rotatable bonds is 4. The first kappa shape index (κ1) is 16.0. The molecule has 1 aromatic carbocycles. The van der Waals surface area contributed by atoms with Gasteiger partial charge >= 0.3 is 0 Å². The second-order valence-electron chi connectivity index (χ2n) is 6.94. The first-order valence-corrected chi connectivity index (χ1v) is 8.57. The molecule has 1 saturated heterocycles. The third kappa shape index (κ3) is 2.99. The quantitative estimate of drug-likeness (QED) is 0.800. The van der Waals surface area contributed by atoms with Crippen LogP contribution in [0.2, 0.25) is 0 Å². The molecule has 0 atom stereocenters. The van der Waals surface area contributed by atoms with Crippen LogP contribution in [0.5, 0.6) is 5.75 Å². The smallest absolute Gasteiger partial charge is 0.236 e. The first-order valence-electron chi connectivity index (χ1n) is 8.57. The van der Waals surface area contributed by atoms with Gasteiger partial charge in [-0.1, -0.05) is 37.5 Å². The number of para-hydroxylation sites is 1. The Hall–Kier alpha value is -1.84. The van der Waals surface area contributed by atoms with Crippen molar-refractivity contribution in [2.45, 2.75) is 52.4 Å². The van der Waals surface area contributed by atoms with Crippen LogP contribution in [-0.4, -0.2) is 29.9 Å². The number of nitrogens with zero attached hydrogens (tertiary/aromatic N) is 1. The highest BCUT2D eigenvalue weighted by Gasteiger charge is 2.51. The number of ether oxygens (including phenoxy) is 1. The number of likely N-dealkylation sites (tertiary alicyclic amines) is 1. The highest BCUT2D eigenvalue weighted by atomic mass is 16.5. The molecule has 3 rings (SSSR count). The predicted octanol–water partition coefficient (Wildman–Crippen LogP) is 3.39. The standard InChI is InChI=1S/C19H25NO3/c1-14-7-6-8-15(2)17(14)23-12-11-20-16(21)13-19(18(20)22)9-4-3-5-10-19/h6-8H,3-5,9-13H2,1-2H3. The summed E-state index contributed by atoms with van der Waals surface area (Å²) in [5.41, 5.74) is 1.76. The normalized spacial score (nSPS) is 20.3. The Bertz CT molecular complexity index is 597. The van der Waals surface area contributed by atoms with Gasteiger partial charge in [0.1, 0.15) is 12.4 Å². The van der Waals surface area contributed by atoms with E-state index in [-0.39, 0.29) is 11.8 Å². The number of carbonyl (C=O) groups excluding carboxylic acids is 2. The fraction of sp³-hybridized carbons (Fsp3) is 0.579. The van der Waals surface area contributed by atoms with Gasteiger partial charge in [-0.05, 0) is 37.8 Å². The molecule has 1 aliphatic carbocycles. The maximum atomic E-state index is 12.7. The zero-order valence-electron chi connectivity index (χ0n) is 14.1. The maximum Gasteiger partial charge on any atom is 0.236 e. The van der Waals surface area contributed by atoms with E-state index in [1.165, 1.54) is 11.3 Å². The summed E-state index contributed by atoms with van der Waals surface area (Å²) in [6.07, 6.45) is 5.43. The molecule has 1 aromatic rings. The Morgan fingerprint density at radius 1 is 1.09 bits per heavy atom. The molecule has 0 unspecified atom stereocenters. The minimum absolute atomic E-state index is 0.0259. The zero-order valence-corrected chi connectivity index (χ0v) is 14.1. The van der Waals surface area contributed by atoms with E-state index in [2.05, 4.69) is 0 Å². The summed E-state index contributed by atoms with van der Waals surface area (Å²) in [6, 6.07) is 6.01. The minimum Gasteiger partial charge on any atom is -0.491 e. The van der Waals surface area contributed by atoms with Gasteiger partial charge in [0.2, 0.25) is 11.8 Å². The van der Waals surface area contributed by atoms with Crippen LogP contribution in [0.25, 0.3) is 0 Å². The number of aryl methyl sites for hydroxylation is 2. The highest BCUT2D eigenvalue weighted by molar-refractivity contribution is 6.05. The van der Waals surface area contributed by atoms with Gasteiger partial charge in [0.25, 0.3) is 0 Å². The van der Waals surface area contributed by atoms with Crippen LogP contribution >= 0.6 is 0 Å². The fourth-order valence-electron chi connectivity index (χ4n) is 3.97. The number of hydrogen-bond donors (Lipinski definition) is 0. The molecule has 4 heteroatoms. The van der Waals surface area contributed by atoms with Crippen LogP contribution < -0.4 is 4.74 Å². The topological polar surface area (TPSA) is 46.6 Å². The van der Waals surface area contributed by atoms with E-state index in [1.54, 1.807) is 0 Å². The Kier molecular flexibility index (Phi) is 4.42. The van der Waals surface area contributed by atoms with Crippen molar-refractivity contribution in [1.82, 2.24) is 4.90 Å². The van der Waals surface area contributed by atoms with Gasteiger partial charge in [-0.15, -0.1) is 0 Å². The van der Waals surface area contributed by atoms with E-state index >= 15 is 0 Å². The summed E-state index contributed by atoms with van der Waals surface area (Å²) in [4.78, 5) is 26.4. The van der Waals surface area contributed by atoms with Crippen LogP contribution in [0.15, 0.2) is 18.2 Å². The number of carbonyl (C=O) groups is 2. The van der Waals surface area contributed by atoms with E-state index in [1.807, 2.05) is 32.0 Å². The zero-order chi connectivity index (χ0) is 16.4. The molecule has 1 heterocycles. The predicted molar refractivity (Wildman–Crippen MR) is 88.3 cm³/mol. The summed E-state index contributed by atoms with van der Waals surface area (Å²) >= 11 is 0. The van der Waals surface area contributed by atoms with E-state index in [0.29, 0.717) is 19.6 Å².